The number of nitrogens with one attached hydrogen (secondary N) is 1. The van der Waals surface area contributed by atoms with Gasteiger partial charge < -0.3 is 15.8 Å². The predicted octanol–water partition coefficient (Wildman–Crippen LogP) is 3.47. The number of para-hydroxylation sites is 2. The van der Waals surface area contributed by atoms with Crippen LogP contribution in [0.2, 0.25) is 5.02 Å². The van der Waals surface area contributed by atoms with Gasteiger partial charge in [-0.15, -0.1) is 0 Å². The number of halogens is 2. The zero-order valence-corrected chi connectivity index (χ0v) is 12.0. The molecule has 110 valence electrons. The van der Waals surface area contributed by atoms with E-state index in [2.05, 4.69) is 5.32 Å². The van der Waals surface area contributed by atoms with Crippen LogP contribution in [0.5, 0.6) is 5.75 Å². The summed E-state index contributed by atoms with van der Waals surface area (Å²) in [4.78, 5) is 12.0. The molecular formula is C15H14ClFN2O2. The topological polar surface area (TPSA) is 64.3 Å². The van der Waals surface area contributed by atoms with Crippen molar-refractivity contribution in [3.05, 3.63) is 53.3 Å². The van der Waals surface area contributed by atoms with Crippen molar-refractivity contribution in [2.24, 2.45) is 0 Å². The number of hydrogen-bond donors (Lipinski definition) is 2. The molecule has 0 radical (unpaired) electrons. The number of rotatable bonds is 4. The highest BCUT2D eigenvalue weighted by Crippen LogP contribution is 2.25. The standard InChI is InChI=1S/C15H14ClFN2O2/c1-9(21-13-8-4-5-10(16)14(13)17)15(20)19-12-7-3-2-6-11(12)18/h2-9H,18H2,1H3,(H,19,20). The summed E-state index contributed by atoms with van der Waals surface area (Å²) in [5.74, 6) is -1.21. The second-order valence-electron chi connectivity index (χ2n) is 4.39. The minimum absolute atomic E-state index is 0.0626. The number of benzene rings is 2. The molecule has 6 heteroatoms. The van der Waals surface area contributed by atoms with Crippen LogP contribution in [-0.2, 0) is 4.79 Å². The van der Waals surface area contributed by atoms with Gasteiger partial charge in [0, 0.05) is 0 Å². The number of amides is 1. The molecule has 4 nitrogen and oxygen atoms in total. The quantitative estimate of drug-likeness (QED) is 0.850. The van der Waals surface area contributed by atoms with Crippen LogP contribution < -0.4 is 15.8 Å². The second-order valence-corrected chi connectivity index (χ2v) is 4.80. The molecule has 0 saturated heterocycles. The van der Waals surface area contributed by atoms with Crippen LogP contribution in [-0.4, -0.2) is 12.0 Å². The van der Waals surface area contributed by atoms with Gasteiger partial charge in [0.05, 0.1) is 16.4 Å². The Balaban J connectivity index is 2.06. The predicted molar refractivity (Wildman–Crippen MR) is 81.0 cm³/mol. The lowest BCUT2D eigenvalue weighted by atomic mass is 10.2. The summed E-state index contributed by atoms with van der Waals surface area (Å²) < 4.78 is 19.0. The van der Waals surface area contributed by atoms with Crippen molar-refractivity contribution >= 4 is 28.9 Å². The number of hydrogen-bond acceptors (Lipinski definition) is 3. The lowest BCUT2D eigenvalue weighted by Gasteiger charge is -2.16. The molecule has 2 aromatic rings. The van der Waals surface area contributed by atoms with Gasteiger partial charge in [-0.2, -0.15) is 0 Å². The first-order chi connectivity index (χ1) is 9.99. The Hall–Kier alpha value is -2.27. The highest BCUT2D eigenvalue weighted by molar-refractivity contribution is 6.30. The van der Waals surface area contributed by atoms with E-state index < -0.39 is 17.8 Å². The molecule has 0 fully saturated rings. The lowest BCUT2D eigenvalue weighted by molar-refractivity contribution is -0.122. The first-order valence-electron chi connectivity index (χ1n) is 6.25. The van der Waals surface area contributed by atoms with Gasteiger partial charge in [-0.05, 0) is 31.2 Å². The Morgan fingerprint density at radius 2 is 2.00 bits per heavy atom. The van der Waals surface area contributed by atoms with Crippen LogP contribution in [0.4, 0.5) is 15.8 Å². The van der Waals surface area contributed by atoms with Crippen LogP contribution in [0.3, 0.4) is 0 Å². The zero-order chi connectivity index (χ0) is 15.4. The minimum atomic E-state index is -0.905. The van der Waals surface area contributed by atoms with Gasteiger partial charge in [0.15, 0.2) is 17.7 Å². The molecular weight excluding hydrogens is 295 g/mol. The van der Waals surface area contributed by atoms with Gasteiger partial charge in [0.1, 0.15) is 0 Å². The number of ether oxygens (including phenoxy) is 1. The zero-order valence-electron chi connectivity index (χ0n) is 11.3. The average molecular weight is 309 g/mol. The highest BCUT2D eigenvalue weighted by Gasteiger charge is 2.18. The van der Waals surface area contributed by atoms with E-state index >= 15 is 0 Å². The van der Waals surface area contributed by atoms with Crippen molar-refractivity contribution in [2.75, 3.05) is 11.1 Å². The summed E-state index contributed by atoms with van der Waals surface area (Å²) in [6.07, 6.45) is -0.905. The summed E-state index contributed by atoms with van der Waals surface area (Å²) in [5.41, 5.74) is 6.65. The first kappa shape index (κ1) is 15.1. The molecule has 3 N–H and O–H groups in total. The third kappa shape index (κ3) is 3.64. The molecule has 0 heterocycles. The molecule has 0 aliphatic rings. The molecule has 0 spiro atoms. The molecule has 1 amide bonds. The number of anilines is 2. The van der Waals surface area contributed by atoms with Gasteiger partial charge in [-0.3, -0.25) is 4.79 Å². The second kappa shape index (κ2) is 6.45. The maximum atomic E-state index is 13.7. The van der Waals surface area contributed by atoms with Gasteiger partial charge in [-0.25, -0.2) is 4.39 Å². The highest BCUT2D eigenvalue weighted by atomic mass is 35.5. The van der Waals surface area contributed by atoms with E-state index in [0.717, 1.165) is 0 Å². The minimum Gasteiger partial charge on any atom is -0.478 e. The van der Waals surface area contributed by atoms with Gasteiger partial charge in [0.25, 0.3) is 5.91 Å². The number of nitrogens with two attached hydrogens (primary N) is 1. The van der Waals surface area contributed by atoms with E-state index in [4.69, 9.17) is 22.1 Å². The Morgan fingerprint density at radius 3 is 2.71 bits per heavy atom. The van der Waals surface area contributed by atoms with E-state index in [9.17, 15) is 9.18 Å². The molecule has 21 heavy (non-hydrogen) atoms. The van der Waals surface area contributed by atoms with Crippen LogP contribution in [0.1, 0.15) is 6.92 Å². The molecule has 0 bridgehead atoms. The fraction of sp³-hybridized carbons (Fsp3) is 0.133. The Kier molecular flexibility index (Phi) is 4.65. The lowest BCUT2D eigenvalue weighted by Crippen LogP contribution is -2.30. The summed E-state index contributed by atoms with van der Waals surface area (Å²) in [6.45, 7) is 1.51. The Morgan fingerprint density at radius 1 is 1.29 bits per heavy atom. The van der Waals surface area contributed by atoms with Gasteiger partial charge in [-0.1, -0.05) is 29.8 Å². The van der Waals surface area contributed by atoms with Crippen molar-refractivity contribution in [1.29, 1.82) is 0 Å². The van der Waals surface area contributed by atoms with E-state index in [0.29, 0.717) is 11.4 Å². The molecule has 0 aliphatic carbocycles. The third-order valence-corrected chi connectivity index (χ3v) is 3.10. The van der Waals surface area contributed by atoms with Gasteiger partial charge in [0.2, 0.25) is 0 Å². The van der Waals surface area contributed by atoms with Crippen LogP contribution >= 0.6 is 11.6 Å². The molecule has 1 atom stereocenters. The largest absolute Gasteiger partial charge is 0.478 e. The maximum Gasteiger partial charge on any atom is 0.265 e. The first-order valence-corrected chi connectivity index (χ1v) is 6.63. The summed E-state index contributed by atoms with van der Waals surface area (Å²) in [6, 6.07) is 11.2. The number of nitrogen functional groups attached to an aromatic ring is 1. The summed E-state index contributed by atoms with van der Waals surface area (Å²) in [5, 5.41) is 2.56. The monoisotopic (exact) mass is 308 g/mol. The smallest absolute Gasteiger partial charge is 0.265 e. The maximum absolute atomic E-state index is 13.7. The molecule has 0 aliphatic heterocycles. The van der Waals surface area contributed by atoms with E-state index in [1.54, 1.807) is 30.3 Å². The fourth-order valence-electron chi connectivity index (χ4n) is 1.66. The average Bonchev–Trinajstić information content (AvgIpc) is 2.46. The molecule has 1 unspecified atom stereocenters. The normalized spacial score (nSPS) is 11.8. The van der Waals surface area contributed by atoms with E-state index in [1.807, 2.05) is 0 Å². The van der Waals surface area contributed by atoms with Crippen LogP contribution in [0.15, 0.2) is 42.5 Å². The van der Waals surface area contributed by atoms with Crippen molar-refractivity contribution in [1.82, 2.24) is 0 Å². The van der Waals surface area contributed by atoms with Crippen molar-refractivity contribution in [2.45, 2.75) is 13.0 Å². The van der Waals surface area contributed by atoms with Crippen molar-refractivity contribution in [3.63, 3.8) is 0 Å². The van der Waals surface area contributed by atoms with E-state index in [1.165, 1.54) is 19.1 Å². The summed E-state index contributed by atoms with van der Waals surface area (Å²) in [7, 11) is 0. The van der Waals surface area contributed by atoms with Gasteiger partial charge >= 0.3 is 0 Å². The third-order valence-electron chi connectivity index (χ3n) is 2.81. The molecule has 2 rings (SSSR count). The number of carbonyl (C=O) groups excluding carboxylic acids is 1. The fourth-order valence-corrected chi connectivity index (χ4v) is 1.83. The van der Waals surface area contributed by atoms with Crippen molar-refractivity contribution in [3.8, 4) is 5.75 Å². The molecule has 0 saturated carbocycles. The Labute approximate surface area is 126 Å². The van der Waals surface area contributed by atoms with E-state index in [-0.39, 0.29) is 10.8 Å². The van der Waals surface area contributed by atoms with Crippen molar-refractivity contribution < 1.29 is 13.9 Å². The SMILES string of the molecule is CC(Oc1cccc(Cl)c1F)C(=O)Nc1ccccc1N. The van der Waals surface area contributed by atoms with Crippen LogP contribution in [0.25, 0.3) is 0 Å². The Bertz CT molecular complexity index is 664. The number of carbonyl (C=O) groups is 1. The van der Waals surface area contributed by atoms with Crippen LogP contribution in [0, 0.1) is 5.82 Å². The summed E-state index contributed by atoms with van der Waals surface area (Å²) >= 11 is 5.66. The molecule has 2 aromatic carbocycles. The molecule has 0 aromatic heterocycles.